The normalized spacial score (nSPS) is 12.4. The Morgan fingerprint density at radius 2 is 2.00 bits per heavy atom. The number of hydrogen-bond acceptors (Lipinski definition) is 3. The summed E-state index contributed by atoms with van der Waals surface area (Å²) in [6.45, 7) is 5.67. The summed E-state index contributed by atoms with van der Waals surface area (Å²) < 4.78 is 5.56. The summed E-state index contributed by atoms with van der Waals surface area (Å²) in [5, 5.41) is 12.2. The van der Waals surface area contributed by atoms with Crippen molar-refractivity contribution in [2.45, 2.75) is 26.3 Å². The number of hydrogen-bond donors (Lipinski definition) is 2. The van der Waals surface area contributed by atoms with Gasteiger partial charge in [0.1, 0.15) is 12.4 Å². The van der Waals surface area contributed by atoms with Gasteiger partial charge in [-0.15, -0.1) is 0 Å². The molecule has 16 heavy (non-hydrogen) atoms. The predicted molar refractivity (Wildman–Crippen MR) is 65.8 cm³/mol. The molecule has 0 aliphatic carbocycles. The molecule has 0 heterocycles. The highest BCUT2D eigenvalue weighted by atomic mass is 16.5. The molecule has 1 rings (SSSR count). The Balaban J connectivity index is 2.18. The molecule has 0 bridgehead atoms. The summed E-state index contributed by atoms with van der Waals surface area (Å²) in [6.07, 6.45) is 0.932. The van der Waals surface area contributed by atoms with Crippen LogP contribution in [0.5, 0.6) is 5.75 Å². The Hall–Kier alpha value is -1.06. The zero-order valence-corrected chi connectivity index (χ0v) is 10.1. The monoisotopic (exact) mass is 223 g/mol. The Kier molecular flexibility index (Phi) is 5.90. The predicted octanol–water partition coefficient (Wildman–Crippen LogP) is 1.73. The molecule has 0 unspecified atom stereocenters. The minimum Gasteiger partial charge on any atom is -0.492 e. The number of benzene rings is 1. The van der Waals surface area contributed by atoms with Crippen LogP contribution >= 0.6 is 0 Å². The molecule has 0 spiro atoms. The Labute approximate surface area is 97.4 Å². The molecule has 0 aromatic heterocycles. The zero-order valence-electron chi connectivity index (χ0n) is 10.1. The molecule has 90 valence electrons. The van der Waals surface area contributed by atoms with Crippen LogP contribution in [-0.2, 0) is 0 Å². The van der Waals surface area contributed by atoms with Crippen molar-refractivity contribution in [3.63, 3.8) is 0 Å². The fourth-order valence-corrected chi connectivity index (χ4v) is 1.40. The minimum atomic E-state index is 0.182. The summed E-state index contributed by atoms with van der Waals surface area (Å²) in [7, 11) is 0. The SMILES string of the molecule is CC[C@@H](CO)NCCOc1ccc(C)cc1. The molecular weight excluding hydrogens is 202 g/mol. The van der Waals surface area contributed by atoms with Gasteiger partial charge in [0.15, 0.2) is 0 Å². The van der Waals surface area contributed by atoms with Gasteiger partial charge in [-0.25, -0.2) is 0 Å². The van der Waals surface area contributed by atoms with Gasteiger partial charge in [0.2, 0.25) is 0 Å². The Bertz CT molecular complexity index is 280. The maximum absolute atomic E-state index is 8.97. The molecule has 3 heteroatoms. The number of nitrogens with one attached hydrogen (secondary N) is 1. The van der Waals surface area contributed by atoms with Crippen LogP contribution in [0.4, 0.5) is 0 Å². The average molecular weight is 223 g/mol. The van der Waals surface area contributed by atoms with E-state index in [0.717, 1.165) is 18.7 Å². The third-order valence-electron chi connectivity index (χ3n) is 2.54. The molecule has 0 aliphatic rings. The van der Waals surface area contributed by atoms with Gasteiger partial charge < -0.3 is 15.2 Å². The number of aliphatic hydroxyl groups is 1. The maximum atomic E-state index is 8.97. The number of rotatable bonds is 7. The van der Waals surface area contributed by atoms with Gasteiger partial charge in [-0.05, 0) is 25.5 Å². The van der Waals surface area contributed by atoms with Gasteiger partial charge in [-0.1, -0.05) is 24.6 Å². The van der Waals surface area contributed by atoms with Gasteiger partial charge in [0.25, 0.3) is 0 Å². The maximum Gasteiger partial charge on any atom is 0.119 e. The van der Waals surface area contributed by atoms with E-state index in [9.17, 15) is 0 Å². The van der Waals surface area contributed by atoms with Crippen molar-refractivity contribution in [1.29, 1.82) is 0 Å². The number of aliphatic hydroxyl groups excluding tert-OH is 1. The highest BCUT2D eigenvalue weighted by Crippen LogP contribution is 2.10. The first-order valence-electron chi connectivity index (χ1n) is 5.80. The van der Waals surface area contributed by atoms with Crippen LogP contribution in [0.1, 0.15) is 18.9 Å². The second-order valence-corrected chi connectivity index (χ2v) is 3.90. The van der Waals surface area contributed by atoms with Crippen molar-refractivity contribution in [3.05, 3.63) is 29.8 Å². The van der Waals surface area contributed by atoms with Crippen LogP contribution in [0.2, 0.25) is 0 Å². The van der Waals surface area contributed by atoms with E-state index in [4.69, 9.17) is 9.84 Å². The summed E-state index contributed by atoms with van der Waals surface area (Å²) in [4.78, 5) is 0. The quantitative estimate of drug-likeness (QED) is 0.692. The standard InChI is InChI=1S/C13H21NO2/c1-3-12(10-15)14-8-9-16-13-6-4-11(2)5-7-13/h4-7,12,14-15H,3,8-10H2,1-2H3/t12-/m0/s1. The molecule has 0 saturated heterocycles. The lowest BCUT2D eigenvalue weighted by Gasteiger charge is -2.14. The molecule has 0 amide bonds. The van der Waals surface area contributed by atoms with Crippen LogP contribution in [0, 0.1) is 6.92 Å². The van der Waals surface area contributed by atoms with E-state index in [2.05, 4.69) is 19.2 Å². The van der Waals surface area contributed by atoms with E-state index < -0.39 is 0 Å². The molecular formula is C13H21NO2. The van der Waals surface area contributed by atoms with Gasteiger partial charge in [0, 0.05) is 12.6 Å². The second-order valence-electron chi connectivity index (χ2n) is 3.90. The lowest BCUT2D eigenvalue weighted by atomic mass is 10.2. The first-order chi connectivity index (χ1) is 7.76. The highest BCUT2D eigenvalue weighted by molar-refractivity contribution is 5.26. The molecule has 0 saturated carbocycles. The van der Waals surface area contributed by atoms with E-state index >= 15 is 0 Å². The Morgan fingerprint density at radius 3 is 2.56 bits per heavy atom. The third-order valence-corrected chi connectivity index (χ3v) is 2.54. The second kappa shape index (κ2) is 7.25. The lowest BCUT2D eigenvalue weighted by molar-refractivity contribution is 0.227. The molecule has 1 atom stereocenters. The van der Waals surface area contributed by atoms with Crippen molar-refractivity contribution >= 4 is 0 Å². The summed E-state index contributed by atoms with van der Waals surface area (Å²) in [5.74, 6) is 0.893. The first kappa shape index (κ1) is 13.0. The van der Waals surface area contributed by atoms with Gasteiger partial charge in [-0.3, -0.25) is 0 Å². The van der Waals surface area contributed by atoms with E-state index in [1.165, 1.54) is 5.56 Å². The molecule has 2 N–H and O–H groups in total. The molecule has 3 nitrogen and oxygen atoms in total. The summed E-state index contributed by atoms with van der Waals surface area (Å²) in [5.41, 5.74) is 1.23. The fourth-order valence-electron chi connectivity index (χ4n) is 1.40. The van der Waals surface area contributed by atoms with E-state index in [1.54, 1.807) is 0 Å². The molecule has 0 radical (unpaired) electrons. The largest absolute Gasteiger partial charge is 0.492 e. The van der Waals surface area contributed by atoms with E-state index in [0.29, 0.717) is 6.61 Å². The van der Waals surface area contributed by atoms with Crippen molar-refractivity contribution in [3.8, 4) is 5.75 Å². The number of aryl methyl sites for hydroxylation is 1. The van der Waals surface area contributed by atoms with Gasteiger partial charge in [-0.2, -0.15) is 0 Å². The van der Waals surface area contributed by atoms with Crippen LogP contribution in [0.25, 0.3) is 0 Å². The van der Waals surface area contributed by atoms with Crippen molar-refractivity contribution < 1.29 is 9.84 Å². The molecule has 0 aliphatic heterocycles. The fraction of sp³-hybridized carbons (Fsp3) is 0.538. The summed E-state index contributed by atoms with van der Waals surface area (Å²) in [6, 6.07) is 8.19. The smallest absolute Gasteiger partial charge is 0.119 e. The minimum absolute atomic E-state index is 0.182. The van der Waals surface area contributed by atoms with Crippen LogP contribution < -0.4 is 10.1 Å². The molecule has 1 aromatic carbocycles. The van der Waals surface area contributed by atoms with E-state index in [-0.39, 0.29) is 12.6 Å². The van der Waals surface area contributed by atoms with Crippen LogP contribution in [-0.4, -0.2) is 30.9 Å². The average Bonchev–Trinajstić information content (AvgIpc) is 2.32. The van der Waals surface area contributed by atoms with Crippen molar-refractivity contribution in [2.75, 3.05) is 19.8 Å². The van der Waals surface area contributed by atoms with Crippen LogP contribution in [0.3, 0.4) is 0 Å². The van der Waals surface area contributed by atoms with Crippen LogP contribution in [0.15, 0.2) is 24.3 Å². The third kappa shape index (κ3) is 4.64. The lowest BCUT2D eigenvalue weighted by Crippen LogP contribution is -2.34. The highest BCUT2D eigenvalue weighted by Gasteiger charge is 2.02. The topological polar surface area (TPSA) is 41.5 Å². The number of ether oxygens (including phenoxy) is 1. The van der Waals surface area contributed by atoms with Gasteiger partial charge >= 0.3 is 0 Å². The van der Waals surface area contributed by atoms with Crippen molar-refractivity contribution in [1.82, 2.24) is 5.32 Å². The zero-order chi connectivity index (χ0) is 11.8. The van der Waals surface area contributed by atoms with Crippen molar-refractivity contribution in [2.24, 2.45) is 0 Å². The van der Waals surface area contributed by atoms with Gasteiger partial charge in [0.05, 0.1) is 6.61 Å². The molecule has 1 aromatic rings. The Morgan fingerprint density at radius 1 is 1.31 bits per heavy atom. The first-order valence-corrected chi connectivity index (χ1v) is 5.80. The molecule has 0 fully saturated rings. The summed E-state index contributed by atoms with van der Waals surface area (Å²) >= 11 is 0. The van der Waals surface area contributed by atoms with E-state index in [1.807, 2.05) is 24.3 Å².